The summed E-state index contributed by atoms with van der Waals surface area (Å²) < 4.78 is 25.5. The van der Waals surface area contributed by atoms with Crippen LogP contribution in [0.3, 0.4) is 0 Å². The molecule has 5 heteroatoms. The molecule has 0 bridgehead atoms. The topological polar surface area (TPSA) is 38.9 Å². The predicted octanol–water partition coefficient (Wildman–Crippen LogP) is 2.39. The number of aryl methyl sites for hydroxylation is 1. The number of hydrogen-bond acceptors (Lipinski definition) is 2. The first kappa shape index (κ1) is 10.8. The van der Waals surface area contributed by atoms with E-state index in [4.69, 9.17) is 5.73 Å². The molecule has 0 aromatic carbocycles. The summed E-state index contributed by atoms with van der Waals surface area (Å²) in [5, 5.41) is 0. The molecule has 0 saturated carbocycles. The van der Waals surface area contributed by atoms with Crippen molar-refractivity contribution in [2.75, 3.05) is 0 Å². The largest absolute Gasteiger partial charge is 0.325 e. The Morgan fingerprint density at radius 3 is 2.69 bits per heavy atom. The van der Waals surface area contributed by atoms with Crippen LogP contribution in [0.5, 0.6) is 0 Å². The zero-order valence-electron chi connectivity index (χ0n) is 7.02. The third-order valence-electron chi connectivity index (χ3n) is 1.63. The van der Waals surface area contributed by atoms with E-state index in [2.05, 4.69) is 4.98 Å². The molecule has 0 aliphatic heterocycles. The van der Waals surface area contributed by atoms with E-state index in [0.717, 1.165) is 0 Å². The highest BCUT2D eigenvalue weighted by atomic mass is 127. The molecule has 72 valence electrons. The van der Waals surface area contributed by atoms with Gasteiger partial charge in [-0.15, -0.1) is 0 Å². The summed E-state index contributed by atoms with van der Waals surface area (Å²) >= 11 is 1.87. The van der Waals surface area contributed by atoms with Gasteiger partial charge in [0, 0.05) is 15.8 Å². The van der Waals surface area contributed by atoms with Crippen LogP contribution < -0.4 is 5.73 Å². The maximum atomic E-state index is 12.5. The number of nitrogens with two attached hydrogens (primary N) is 1. The molecule has 0 spiro atoms. The van der Waals surface area contributed by atoms with Gasteiger partial charge in [0.05, 0.1) is 11.3 Å². The van der Waals surface area contributed by atoms with Crippen LogP contribution in [0.4, 0.5) is 8.78 Å². The van der Waals surface area contributed by atoms with Gasteiger partial charge in [-0.3, -0.25) is 4.98 Å². The summed E-state index contributed by atoms with van der Waals surface area (Å²) in [4.78, 5) is 3.96. The Morgan fingerprint density at radius 2 is 2.23 bits per heavy atom. The molecule has 2 nitrogen and oxygen atoms in total. The molecule has 0 aliphatic rings. The molecule has 0 saturated heterocycles. The number of pyridine rings is 1. The second kappa shape index (κ2) is 4.28. The van der Waals surface area contributed by atoms with Gasteiger partial charge in [0.15, 0.2) is 0 Å². The molecule has 0 amide bonds. The van der Waals surface area contributed by atoms with Crippen LogP contribution in [0, 0.1) is 10.5 Å². The van der Waals surface area contributed by atoms with E-state index in [1.165, 1.54) is 0 Å². The van der Waals surface area contributed by atoms with Crippen LogP contribution in [0.15, 0.2) is 6.07 Å². The second-order valence-electron chi connectivity index (χ2n) is 2.61. The number of halogens is 3. The van der Waals surface area contributed by atoms with Crippen molar-refractivity contribution >= 4 is 22.6 Å². The Kier molecular flexibility index (Phi) is 3.55. The van der Waals surface area contributed by atoms with Gasteiger partial charge in [0.25, 0.3) is 6.43 Å². The molecule has 0 fully saturated rings. The molecule has 0 atom stereocenters. The fraction of sp³-hybridized carbons (Fsp3) is 0.375. The quantitative estimate of drug-likeness (QED) is 0.852. The van der Waals surface area contributed by atoms with E-state index in [1.807, 2.05) is 22.6 Å². The van der Waals surface area contributed by atoms with E-state index in [1.54, 1.807) is 13.0 Å². The Morgan fingerprint density at radius 1 is 1.62 bits per heavy atom. The minimum absolute atomic E-state index is 0.0336. The maximum Gasteiger partial charge on any atom is 0.266 e. The van der Waals surface area contributed by atoms with Crippen molar-refractivity contribution in [2.45, 2.75) is 19.9 Å². The average molecular weight is 298 g/mol. The van der Waals surface area contributed by atoms with E-state index >= 15 is 0 Å². The number of nitrogens with zero attached hydrogens (tertiary/aromatic N) is 1. The summed E-state index contributed by atoms with van der Waals surface area (Å²) in [5.74, 6) is 0. The van der Waals surface area contributed by atoms with Crippen LogP contribution in [-0.2, 0) is 6.54 Å². The van der Waals surface area contributed by atoms with Crippen molar-refractivity contribution in [3.05, 3.63) is 26.6 Å². The smallest absolute Gasteiger partial charge is 0.266 e. The lowest BCUT2D eigenvalue weighted by atomic mass is 10.2. The zero-order valence-corrected chi connectivity index (χ0v) is 9.18. The fourth-order valence-electron chi connectivity index (χ4n) is 1.09. The van der Waals surface area contributed by atoms with Crippen molar-refractivity contribution in [2.24, 2.45) is 5.73 Å². The van der Waals surface area contributed by atoms with Gasteiger partial charge in [0.1, 0.15) is 0 Å². The maximum absolute atomic E-state index is 12.5. The SMILES string of the molecule is Cc1cc(I)c(C(F)F)c(CN)n1. The lowest BCUT2D eigenvalue weighted by Gasteiger charge is -2.09. The first-order valence-electron chi connectivity index (χ1n) is 3.70. The van der Waals surface area contributed by atoms with Gasteiger partial charge in [-0.2, -0.15) is 0 Å². The fourth-order valence-corrected chi connectivity index (χ4v) is 2.09. The Labute approximate surface area is 88.7 Å². The van der Waals surface area contributed by atoms with Crippen LogP contribution in [0.2, 0.25) is 0 Å². The normalized spacial score (nSPS) is 10.9. The zero-order chi connectivity index (χ0) is 10.0. The highest BCUT2D eigenvalue weighted by molar-refractivity contribution is 14.1. The highest BCUT2D eigenvalue weighted by Gasteiger charge is 2.17. The Hall–Kier alpha value is -0.300. The Balaban J connectivity index is 3.30. The van der Waals surface area contributed by atoms with Crippen molar-refractivity contribution in [3.63, 3.8) is 0 Å². The number of alkyl halides is 2. The van der Waals surface area contributed by atoms with E-state index < -0.39 is 6.43 Å². The molecule has 0 aliphatic carbocycles. The third kappa shape index (κ3) is 2.34. The van der Waals surface area contributed by atoms with Crippen molar-refractivity contribution in [1.29, 1.82) is 0 Å². The van der Waals surface area contributed by atoms with Crippen molar-refractivity contribution in [1.82, 2.24) is 4.98 Å². The van der Waals surface area contributed by atoms with Gasteiger partial charge >= 0.3 is 0 Å². The molecule has 1 rings (SSSR count). The first-order chi connectivity index (χ1) is 6.06. The molecular formula is C8H9F2IN2. The minimum Gasteiger partial charge on any atom is -0.325 e. The molecule has 2 N–H and O–H groups in total. The molecule has 1 heterocycles. The van der Waals surface area contributed by atoms with Crippen LogP contribution in [-0.4, -0.2) is 4.98 Å². The highest BCUT2D eigenvalue weighted by Crippen LogP contribution is 2.27. The number of rotatable bonds is 2. The summed E-state index contributed by atoms with van der Waals surface area (Å²) in [5.41, 5.74) is 6.30. The van der Waals surface area contributed by atoms with Crippen molar-refractivity contribution in [3.8, 4) is 0 Å². The lowest BCUT2D eigenvalue weighted by molar-refractivity contribution is 0.148. The van der Waals surface area contributed by atoms with E-state index in [9.17, 15) is 8.78 Å². The van der Waals surface area contributed by atoms with Crippen LogP contribution >= 0.6 is 22.6 Å². The molecule has 1 aromatic heterocycles. The molecule has 13 heavy (non-hydrogen) atoms. The van der Waals surface area contributed by atoms with Gasteiger partial charge in [-0.1, -0.05) is 0 Å². The van der Waals surface area contributed by atoms with Gasteiger partial charge < -0.3 is 5.73 Å². The van der Waals surface area contributed by atoms with Crippen LogP contribution in [0.1, 0.15) is 23.4 Å². The summed E-state index contributed by atoms with van der Waals surface area (Å²) in [6.45, 7) is 1.81. The van der Waals surface area contributed by atoms with E-state index in [-0.39, 0.29) is 12.1 Å². The molecule has 0 radical (unpaired) electrons. The predicted molar refractivity (Wildman–Crippen MR) is 54.5 cm³/mol. The van der Waals surface area contributed by atoms with Crippen molar-refractivity contribution < 1.29 is 8.78 Å². The van der Waals surface area contributed by atoms with Crippen LogP contribution in [0.25, 0.3) is 0 Å². The summed E-state index contributed by atoms with van der Waals surface area (Å²) in [7, 11) is 0. The minimum atomic E-state index is -2.50. The van der Waals surface area contributed by atoms with Gasteiger partial charge in [-0.05, 0) is 35.6 Å². The summed E-state index contributed by atoms with van der Waals surface area (Å²) in [6, 6.07) is 1.63. The average Bonchev–Trinajstić information content (AvgIpc) is 2.01. The first-order valence-corrected chi connectivity index (χ1v) is 4.78. The monoisotopic (exact) mass is 298 g/mol. The third-order valence-corrected chi connectivity index (χ3v) is 2.52. The standard InChI is InChI=1S/C8H9F2IN2/c1-4-2-5(11)7(8(9)10)6(3-12)13-4/h2,8H,3,12H2,1H3. The van der Waals surface area contributed by atoms with E-state index in [0.29, 0.717) is 15.0 Å². The molecular weight excluding hydrogens is 289 g/mol. The van der Waals surface area contributed by atoms with Gasteiger partial charge in [-0.25, -0.2) is 8.78 Å². The number of aromatic nitrogens is 1. The number of hydrogen-bond donors (Lipinski definition) is 1. The lowest BCUT2D eigenvalue weighted by Crippen LogP contribution is -2.08. The molecule has 0 unspecified atom stereocenters. The second-order valence-corrected chi connectivity index (χ2v) is 3.77. The molecule has 1 aromatic rings. The Bertz CT molecular complexity index is 315. The van der Waals surface area contributed by atoms with Gasteiger partial charge in [0.2, 0.25) is 0 Å². The summed E-state index contributed by atoms with van der Waals surface area (Å²) in [6.07, 6.45) is -2.50.